The minimum Gasteiger partial charge on any atom is -0.481 e. The Kier molecular flexibility index (Phi) is 4.61. The lowest BCUT2D eigenvalue weighted by molar-refractivity contribution is -0.141. The normalized spacial score (nSPS) is 19.8. The monoisotopic (exact) mass is 341 g/mol. The maximum atomic E-state index is 12.5. The van der Waals surface area contributed by atoms with Gasteiger partial charge in [-0.2, -0.15) is 5.10 Å². The Hall–Kier alpha value is -2.63. The van der Waals surface area contributed by atoms with E-state index in [2.05, 4.69) is 16.5 Å². The second-order valence-electron chi connectivity index (χ2n) is 6.95. The minimum atomic E-state index is -0.785. The second kappa shape index (κ2) is 6.70. The van der Waals surface area contributed by atoms with Crippen molar-refractivity contribution in [3.05, 3.63) is 46.8 Å². The molecule has 132 valence electrons. The van der Waals surface area contributed by atoms with Gasteiger partial charge < -0.3 is 10.4 Å². The fourth-order valence-corrected chi connectivity index (χ4v) is 3.52. The molecule has 1 aliphatic rings. The highest BCUT2D eigenvalue weighted by molar-refractivity contribution is 5.92. The molecule has 6 heteroatoms. The summed E-state index contributed by atoms with van der Waals surface area (Å²) in [5, 5.41) is 16.4. The molecular formula is C19H23N3O3. The van der Waals surface area contributed by atoms with E-state index >= 15 is 0 Å². The smallest absolute Gasteiger partial charge is 0.306 e. The van der Waals surface area contributed by atoms with Crippen LogP contribution < -0.4 is 5.32 Å². The van der Waals surface area contributed by atoms with E-state index in [-0.39, 0.29) is 17.9 Å². The summed E-state index contributed by atoms with van der Waals surface area (Å²) in [5.74, 6) is -1.39. The molecule has 25 heavy (non-hydrogen) atoms. The zero-order chi connectivity index (χ0) is 18.1. The SMILES string of the molecule is Cc1cc(C)cc(-n2nc(C(=O)N[C@H]3CC[C@@H](C(=O)O)C3)cc2C)c1. The number of rotatable bonds is 4. The van der Waals surface area contributed by atoms with Crippen LogP contribution in [-0.4, -0.2) is 32.8 Å². The number of aromatic nitrogens is 2. The number of nitrogens with one attached hydrogen (secondary N) is 1. The molecule has 1 aromatic heterocycles. The Labute approximate surface area is 146 Å². The highest BCUT2D eigenvalue weighted by Crippen LogP contribution is 2.26. The lowest BCUT2D eigenvalue weighted by atomic mass is 10.1. The fourth-order valence-electron chi connectivity index (χ4n) is 3.52. The molecule has 1 saturated carbocycles. The van der Waals surface area contributed by atoms with Crippen molar-refractivity contribution in [1.29, 1.82) is 0 Å². The largest absolute Gasteiger partial charge is 0.481 e. The number of carbonyl (C=O) groups excluding carboxylic acids is 1. The average Bonchev–Trinajstić information content (AvgIpc) is 3.13. The maximum absolute atomic E-state index is 12.5. The van der Waals surface area contributed by atoms with E-state index in [1.807, 2.05) is 32.9 Å². The van der Waals surface area contributed by atoms with Gasteiger partial charge in [0.15, 0.2) is 5.69 Å². The van der Waals surface area contributed by atoms with Crippen LogP contribution in [-0.2, 0) is 4.79 Å². The molecular weight excluding hydrogens is 318 g/mol. The van der Waals surface area contributed by atoms with E-state index in [0.717, 1.165) is 22.5 Å². The van der Waals surface area contributed by atoms with Crippen LogP contribution in [0.4, 0.5) is 0 Å². The summed E-state index contributed by atoms with van der Waals surface area (Å²) in [7, 11) is 0. The molecule has 0 spiro atoms. The van der Waals surface area contributed by atoms with Gasteiger partial charge >= 0.3 is 5.97 Å². The lowest BCUT2D eigenvalue weighted by Crippen LogP contribution is -2.33. The number of hydrogen-bond donors (Lipinski definition) is 2. The average molecular weight is 341 g/mol. The molecule has 0 bridgehead atoms. The Morgan fingerprint density at radius 1 is 1.12 bits per heavy atom. The number of aryl methyl sites for hydroxylation is 3. The van der Waals surface area contributed by atoms with Gasteiger partial charge in [0, 0.05) is 11.7 Å². The summed E-state index contributed by atoms with van der Waals surface area (Å²) in [6, 6.07) is 7.82. The van der Waals surface area contributed by atoms with Crippen LogP contribution in [0.25, 0.3) is 5.69 Å². The molecule has 0 aliphatic heterocycles. The van der Waals surface area contributed by atoms with E-state index in [9.17, 15) is 9.59 Å². The maximum Gasteiger partial charge on any atom is 0.306 e. The summed E-state index contributed by atoms with van der Waals surface area (Å²) in [5.41, 5.74) is 4.45. The lowest BCUT2D eigenvalue weighted by Gasteiger charge is -2.11. The summed E-state index contributed by atoms with van der Waals surface area (Å²) < 4.78 is 1.77. The molecule has 2 atom stereocenters. The van der Waals surface area contributed by atoms with Gasteiger partial charge in [-0.3, -0.25) is 9.59 Å². The first-order chi connectivity index (χ1) is 11.8. The number of nitrogens with zero attached hydrogens (tertiary/aromatic N) is 2. The number of carboxylic acid groups (broad SMARTS) is 1. The number of hydrogen-bond acceptors (Lipinski definition) is 3. The van der Waals surface area contributed by atoms with Gasteiger partial charge in [0.2, 0.25) is 0 Å². The number of amides is 1. The predicted octanol–water partition coefficient (Wildman–Crippen LogP) is 2.78. The van der Waals surface area contributed by atoms with Crippen molar-refractivity contribution in [2.24, 2.45) is 5.92 Å². The zero-order valence-electron chi connectivity index (χ0n) is 14.7. The van der Waals surface area contributed by atoms with E-state index in [0.29, 0.717) is 25.0 Å². The topological polar surface area (TPSA) is 84.2 Å². The first-order valence-electron chi connectivity index (χ1n) is 8.52. The quantitative estimate of drug-likeness (QED) is 0.895. The van der Waals surface area contributed by atoms with E-state index in [1.54, 1.807) is 10.7 Å². The third kappa shape index (κ3) is 3.73. The van der Waals surface area contributed by atoms with Crippen molar-refractivity contribution < 1.29 is 14.7 Å². The van der Waals surface area contributed by atoms with Crippen molar-refractivity contribution >= 4 is 11.9 Å². The van der Waals surface area contributed by atoms with Crippen LogP contribution in [0, 0.1) is 26.7 Å². The van der Waals surface area contributed by atoms with E-state index in [4.69, 9.17) is 5.11 Å². The first kappa shape index (κ1) is 17.2. The van der Waals surface area contributed by atoms with Crippen LogP contribution in [0.1, 0.15) is 46.6 Å². The van der Waals surface area contributed by atoms with Crippen molar-refractivity contribution in [3.63, 3.8) is 0 Å². The van der Waals surface area contributed by atoms with Gasteiger partial charge in [0.25, 0.3) is 5.91 Å². The molecule has 1 aromatic carbocycles. The van der Waals surface area contributed by atoms with Crippen molar-refractivity contribution in [1.82, 2.24) is 15.1 Å². The minimum absolute atomic E-state index is 0.0970. The zero-order valence-corrected chi connectivity index (χ0v) is 14.7. The van der Waals surface area contributed by atoms with Gasteiger partial charge in [-0.1, -0.05) is 6.07 Å². The third-order valence-corrected chi connectivity index (χ3v) is 4.69. The van der Waals surface area contributed by atoms with Gasteiger partial charge in [0.05, 0.1) is 11.6 Å². The number of benzene rings is 1. The Morgan fingerprint density at radius 2 is 1.80 bits per heavy atom. The molecule has 2 N–H and O–H groups in total. The molecule has 0 saturated heterocycles. The van der Waals surface area contributed by atoms with Gasteiger partial charge in [-0.05, 0) is 69.4 Å². The molecule has 0 radical (unpaired) electrons. The van der Waals surface area contributed by atoms with Gasteiger partial charge in [-0.15, -0.1) is 0 Å². The van der Waals surface area contributed by atoms with Crippen LogP contribution >= 0.6 is 0 Å². The van der Waals surface area contributed by atoms with Gasteiger partial charge in [0.1, 0.15) is 0 Å². The van der Waals surface area contributed by atoms with Crippen LogP contribution in [0.3, 0.4) is 0 Å². The van der Waals surface area contributed by atoms with Gasteiger partial charge in [-0.25, -0.2) is 4.68 Å². The molecule has 2 aromatic rings. The molecule has 6 nitrogen and oxygen atoms in total. The second-order valence-corrected chi connectivity index (χ2v) is 6.95. The fraction of sp³-hybridized carbons (Fsp3) is 0.421. The predicted molar refractivity (Wildman–Crippen MR) is 94.0 cm³/mol. The van der Waals surface area contributed by atoms with Crippen molar-refractivity contribution in [3.8, 4) is 5.69 Å². The Bertz CT molecular complexity index is 805. The molecule has 1 heterocycles. The summed E-state index contributed by atoms with van der Waals surface area (Å²) in [4.78, 5) is 23.5. The van der Waals surface area contributed by atoms with Crippen LogP contribution in [0.2, 0.25) is 0 Å². The molecule has 3 rings (SSSR count). The van der Waals surface area contributed by atoms with E-state index in [1.165, 1.54) is 0 Å². The highest BCUT2D eigenvalue weighted by atomic mass is 16.4. The van der Waals surface area contributed by atoms with Crippen LogP contribution in [0.5, 0.6) is 0 Å². The number of aliphatic carboxylic acids is 1. The summed E-state index contributed by atoms with van der Waals surface area (Å²) in [6.07, 6.45) is 1.79. The van der Waals surface area contributed by atoms with Crippen molar-refractivity contribution in [2.45, 2.75) is 46.1 Å². The first-order valence-corrected chi connectivity index (χ1v) is 8.52. The molecule has 1 amide bonds. The molecule has 1 fully saturated rings. The molecule has 1 aliphatic carbocycles. The Balaban J connectivity index is 1.76. The standard InChI is InChI=1S/C19H23N3O3/c1-11-6-12(2)8-16(7-11)22-13(3)9-17(21-22)18(23)20-15-5-4-14(10-15)19(24)25/h6-9,14-15H,4-5,10H2,1-3H3,(H,20,23)(H,24,25)/t14-,15+/m1/s1. The van der Waals surface area contributed by atoms with Crippen molar-refractivity contribution in [2.75, 3.05) is 0 Å². The third-order valence-electron chi connectivity index (χ3n) is 4.69. The number of carbonyl (C=O) groups is 2. The number of carboxylic acids is 1. The molecule has 0 unspecified atom stereocenters. The summed E-state index contributed by atoms with van der Waals surface area (Å²) >= 11 is 0. The highest BCUT2D eigenvalue weighted by Gasteiger charge is 2.31. The van der Waals surface area contributed by atoms with E-state index < -0.39 is 5.97 Å². The van der Waals surface area contributed by atoms with Crippen LogP contribution in [0.15, 0.2) is 24.3 Å². The Morgan fingerprint density at radius 3 is 2.40 bits per heavy atom. The summed E-state index contributed by atoms with van der Waals surface area (Å²) in [6.45, 7) is 5.97.